The van der Waals surface area contributed by atoms with Crippen molar-refractivity contribution in [1.82, 2.24) is 21.2 Å². The standard InChI is InChI=1S/C31H34N4O8/c1-19(28(37)34-35-29(38)23-14-9-15-32-16-23)41-27-25(33-20(2)36)31(39-17-21-10-5-3-6-11-21)42-24-18-40-30(43-26(24)27)22-12-7-4-8-13-22/h3-16,19,24-27,30-31H,17-18H2,1-2H3,(H,33,36)(H,34,37)(H,35,38). The number of nitrogens with one attached hydrogen (secondary N) is 3. The average Bonchev–Trinajstić information content (AvgIpc) is 3.04. The second-order valence-corrected chi connectivity index (χ2v) is 10.2. The van der Waals surface area contributed by atoms with E-state index in [4.69, 9.17) is 23.7 Å². The van der Waals surface area contributed by atoms with Crippen LogP contribution in [0.25, 0.3) is 0 Å². The second kappa shape index (κ2) is 14.3. The molecule has 3 heterocycles. The summed E-state index contributed by atoms with van der Waals surface area (Å²) in [4.78, 5) is 41.7. The van der Waals surface area contributed by atoms with E-state index in [0.717, 1.165) is 11.1 Å². The van der Waals surface area contributed by atoms with Crippen LogP contribution >= 0.6 is 0 Å². The number of benzene rings is 2. The number of fused-ring (bicyclic) bond motifs is 1. The minimum absolute atomic E-state index is 0.157. The summed E-state index contributed by atoms with van der Waals surface area (Å²) < 4.78 is 31.1. The lowest BCUT2D eigenvalue weighted by Crippen LogP contribution is -2.68. The maximum absolute atomic E-state index is 13.0. The molecule has 3 N–H and O–H groups in total. The molecule has 2 fully saturated rings. The minimum Gasteiger partial charge on any atom is -0.360 e. The maximum atomic E-state index is 13.0. The van der Waals surface area contributed by atoms with Crippen LogP contribution in [-0.2, 0) is 39.9 Å². The molecule has 7 unspecified atom stereocenters. The normalized spacial score (nSPS) is 25.5. The first-order valence-corrected chi connectivity index (χ1v) is 13.9. The van der Waals surface area contributed by atoms with Gasteiger partial charge in [-0.05, 0) is 24.6 Å². The van der Waals surface area contributed by atoms with Crippen LogP contribution in [0.15, 0.2) is 85.2 Å². The Morgan fingerprint density at radius 2 is 1.72 bits per heavy atom. The minimum atomic E-state index is -1.08. The molecule has 0 saturated carbocycles. The largest absolute Gasteiger partial charge is 0.360 e. The third-order valence-electron chi connectivity index (χ3n) is 6.99. The van der Waals surface area contributed by atoms with Gasteiger partial charge in [-0.25, -0.2) is 0 Å². The Morgan fingerprint density at radius 1 is 0.977 bits per heavy atom. The van der Waals surface area contributed by atoms with E-state index in [9.17, 15) is 14.4 Å². The van der Waals surface area contributed by atoms with Gasteiger partial charge in [0.15, 0.2) is 12.6 Å². The quantitative estimate of drug-likeness (QED) is 0.319. The number of hydrazine groups is 1. The second-order valence-electron chi connectivity index (χ2n) is 10.2. The van der Waals surface area contributed by atoms with Crippen LogP contribution in [0.1, 0.15) is 41.6 Å². The Labute approximate surface area is 249 Å². The molecule has 0 aliphatic carbocycles. The van der Waals surface area contributed by atoms with E-state index in [2.05, 4.69) is 21.2 Å². The number of nitrogens with zero attached hydrogens (tertiary/aromatic N) is 1. The van der Waals surface area contributed by atoms with Gasteiger partial charge < -0.3 is 29.0 Å². The first kappa shape index (κ1) is 30.3. The van der Waals surface area contributed by atoms with Crippen molar-refractivity contribution in [2.75, 3.05) is 6.61 Å². The van der Waals surface area contributed by atoms with Gasteiger partial charge in [-0.15, -0.1) is 0 Å². The lowest BCUT2D eigenvalue weighted by molar-refractivity contribution is -0.351. The smallest absolute Gasteiger partial charge is 0.271 e. The molecule has 0 spiro atoms. The molecule has 0 bridgehead atoms. The molecule has 2 aliphatic rings. The van der Waals surface area contributed by atoms with Crippen molar-refractivity contribution in [2.45, 2.75) is 63.5 Å². The summed E-state index contributed by atoms with van der Waals surface area (Å²) >= 11 is 0. The lowest BCUT2D eigenvalue weighted by Gasteiger charge is -2.49. The van der Waals surface area contributed by atoms with Crippen LogP contribution in [0.3, 0.4) is 0 Å². The molecule has 5 rings (SSSR count). The van der Waals surface area contributed by atoms with Gasteiger partial charge in [0.25, 0.3) is 11.8 Å². The summed E-state index contributed by atoms with van der Waals surface area (Å²) in [5.74, 6) is -1.50. The Morgan fingerprint density at radius 3 is 2.42 bits per heavy atom. The van der Waals surface area contributed by atoms with Crippen molar-refractivity contribution < 1.29 is 38.1 Å². The molecule has 226 valence electrons. The SMILES string of the molecule is CC(=O)NC1C(OCc2ccccc2)OC2COC(c3ccccc3)OC2C1OC(C)C(=O)NNC(=O)c1cccnc1. The molecule has 43 heavy (non-hydrogen) atoms. The highest BCUT2D eigenvalue weighted by atomic mass is 16.8. The zero-order valence-electron chi connectivity index (χ0n) is 23.8. The summed E-state index contributed by atoms with van der Waals surface area (Å²) in [5.41, 5.74) is 6.72. The maximum Gasteiger partial charge on any atom is 0.271 e. The average molecular weight is 591 g/mol. The number of carbonyl (C=O) groups is 3. The number of aromatic nitrogens is 1. The molecular weight excluding hydrogens is 556 g/mol. The number of carbonyl (C=O) groups excluding carboxylic acids is 3. The third-order valence-corrected chi connectivity index (χ3v) is 6.99. The van der Waals surface area contributed by atoms with Gasteiger partial charge in [-0.2, -0.15) is 0 Å². The van der Waals surface area contributed by atoms with Crippen molar-refractivity contribution in [3.05, 3.63) is 102 Å². The van der Waals surface area contributed by atoms with Crippen molar-refractivity contribution in [2.24, 2.45) is 0 Å². The molecule has 0 radical (unpaired) electrons. The van der Waals surface area contributed by atoms with E-state index in [1.165, 1.54) is 26.2 Å². The Hall–Kier alpha value is -4.20. The first-order chi connectivity index (χ1) is 20.9. The molecule has 1 aromatic heterocycles. The highest BCUT2D eigenvalue weighted by Gasteiger charge is 2.52. The molecule has 12 nitrogen and oxygen atoms in total. The molecule has 2 saturated heterocycles. The summed E-state index contributed by atoms with van der Waals surface area (Å²) in [6.07, 6.45) is -2.10. The molecule has 2 aromatic carbocycles. The van der Waals surface area contributed by atoms with Gasteiger partial charge in [-0.1, -0.05) is 60.7 Å². The van der Waals surface area contributed by atoms with Gasteiger partial charge >= 0.3 is 0 Å². The van der Waals surface area contributed by atoms with Crippen LogP contribution in [0, 0.1) is 0 Å². The Kier molecular flexibility index (Phi) is 10.1. The predicted molar refractivity (Wildman–Crippen MR) is 152 cm³/mol. The molecule has 12 heteroatoms. The summed E-state index contributed by atoms with van der Waals surface area (Å²) in [7, 11) is 0. The van der Waals surface area contributed by atoms with Crippen LogP contribution in [-0.4, -0.2) is 66.1 Å². The number of hydrogen-bond acceptors (Lipinski definition) is 9. The fraction of sp³-hybridized carbons (Fsp3) is 0.355. The summed E-state index contributed by atoms with van der Waals surface area (Å²) in [6, 6.07) is 21.2. The van der Waals surface area contributed by atoms with Crippen LogP contribution < -0.4 is 16.2 Å². The third kappa shape index (κ3) is 7.80. The van der Waals surface area contributed by atoms with Crippen molar-refractivity contribution in [3.8, 4) is 0 Å². The van der Waals surface area contributed by atoms with Crippen LogP contribution in [0.4, 0.5) is 0 Å². The van der Waals surface area contributed by atoms with E-state index in [1.807, 2.05) is 60.7 Å². The Balaban J connectivity index is 1.35. The summed E-state index contributed by atoms with van der Waals surface area (Å²) in [5, 5.41) is 2.88. The number of amides is 3. The fourth-order valence-corrected chi connectivity index (χ4v) is 4.88. The molecule has 3 aromatic rings. The van der Waals surface area contributed by atoms with Crippen LogP contribution in [0.2, 0.25) is 0 Å². The lowest BCUT2D eigenvalue weighted by atomic mass is 9.95. The van der Waals surface area contributed by atoms with Gasteiger partial charge in [0, 0.05) is 24.9 Å². The van der Waals surface area contributed by atoms with E-state index < -0.39 is 54.9 Å². The van der Waals surface area contributed by atoms with Gasteiger partial charge in [0.1, 0.15) is 30.5 Å². The van der Waals surface area contributed by atoms with Crippen molar-refractivity contribution >= 4 is 17.7 Å². The topological polar surface area (TPSA) is 146 Å². The zero-order valence-corrected chi connectivity index (χ0v) is 23.8. The molecule has 3 amide bonds. The van der Waals surface area contributed by atoms with E-state index in [1.54, 1.807) is 12.1 Å². The van der Waals surface area contributed by atoms with Crippen LogP contribution in [0.5, 0.6) is 0 Å². The highest BCUT2D eigenvalue weighted by molar-refractivity contribution is 5.95. The molecule has 2 aliphatic heterocycles. The first-order valence-electron chi connectivity index (χ1n) is 13.9. The summed E-state index contributed by atoms with van der Waals surface area (Å²) in [6.45, 7) is 3.27. The van der Waals surface area contributed by atoms with Crippen molar-refractivity contribution in [3.63, 3.8) is 0 Å². The highest BCUT2D eigenvalue weighted by Crippen LogP contribution is 2.36. The van der Waals surface area contributed by atoms with E-state index >= 15 is 0 Å². The number of pyridine rings is 1. The number of ether oxygens (including phenoxy) is 5. The molecule has 7 atom stereocenters. The van der Waals surface area contributed by atoms with Crippen molar-refractivity contribution in [1.29, 1.82) is 0 Å². The van der Waals surface area contributed by atoms with E-state index in [-0.39, 0.29) is 24.7 Å². The number of rotatable bonds is 9. The fourth-order valence-electron chi connectivity index (χ4n) is 4.88. The number of hydrogen-bond donors (Lipinski definition) is 3. The Bertz CT molecular complexity index is 1360. The van der Waals surface area contributed by atoms with Gasteiger partial charge in [0.05, 0.1) is 18.8 Å². The predicted octanol–water partition coefficient (Wildman–Crippen LogP) is 2.18. The zero-order chi connectivity index (χ0) is 30.2. The van der Waals surface area contributed by atoms with E-state index in [0.29, 0.717) is 0 Å². The van der Waals surface area contributed by atoms with Gasteiger partial charge in [-0.3, -0.25) is 30.2 Å². The molecular formula is C31H34N4O8. The monoisotopic (exact) mass is 590 g/mol. The van der Waals surface area contributed by atoms with Gasteiger partial charge in [0.2, 0.25) is 5.91 Å².